The topological polar surface area (TPSA) is 25.0 Å². The maximum Gasteiger partial charge on any atom is 0.0535 e. The molecule has 0 spiro atoms. The normalized spacial score (nSPS) is 21.4. The molecule has 3 heteroatoms. The summed E-state index contributed by atoms with van der Waals surface area (Å²) in [6.07, 6.45) is 4.46. The van der Waals surface area contributed by atoms with Crippen LogP contribution < -0.4 is 0 Å². The molecule has 2 aromatic rings. The Morgan fingerprint density at radius 1 is 1.38 bits per heavy atom. The number of aromatic amines is 1. The van der Waals surface area contributed by atoms with E-state index in [1.807, 2.05) is 18.2 Å². The van der Waals surface area contributed by atoms with Gasteiger partial charge in [-0.15, -0.1) is 0 Å². The van der Waals surface area contributed by atoms with Gasteiger partial charge in [0.05, 0.1) is 6.61 Å². The monoisotopic (exact) mass is 235 g/mol. The van der Waals surface area contributed by atoms with Crippen LogP contribution in [0, 0.1) is 0 Å². The van der Waals surface area contributed by atoms with Crippen molar-refractivity contribution in [1.29, 1.82) is 0 Å². The molecule has 3 rings (SSSR count). The first-order chi connectivity index (χ1) is 7.84. The van der Waals surface area contributed by atoms with Gasteiger partial charge in [-0.1, -0.05) is 11.6 Å². The smallest absolute Gasteiger partial charge is 0.0535 e. The highest BCUT2D eigenvalue weighted by atomic mass is 35.5. The molecule has 1 saturated heterocycles. The number of aromatic nitrogens is 1. The zero-order chi connectivity index (χ0) is 11.0. The molecule has 1 aliphatic rings. The lowest BCUT2D eigenvalue weighted by atomic mass is 9.93. The molecule has 1 N–H and O–H groups in total. The minimum Gasteiger partial charge on any atom is -0.381 e. The molecule has 0 saturated carbocycles. The molecule has 1 aromatic carbocycles. The standard InChI is InChI=1S/C13H14ClNO/c14-10-3-4-13-11(6-10)12(7-15-13)9-2-1-5-16-8-9/h3-4,6-7,9,15H,1-2,5,8H2/t9-/m1/s1. The molecule has 0 aliphatic carbocycles. The van der Waals surface area contributed by atoms with E-state index >= 15 is 0 Å². The van der Waals surface area contributed by atoms with Gasteiger partial charge < -0.3 is 9.72 Å². The minimum absolute atomic E-state index is 0.515. The first-order valence-corrected chi connectivity index (χ1v) is 6.06. The Hall–Kier alpha value is -0.990. The molecular weight excluding hydrogens is 222 g/mol. The lowest BCUT2D eigenvalue weighted by Gasteiger charge is -2.21. The predicted octanol–water partition coefficient (Wildman–Crippen LogP) is 3.72. The highest BCUT2D eigenvalue weighted by Gasteiger charge is 2.19. The number of rotatable bonds is 1. The van der Waals surface area contributed by atoms with Crippen LogP contribution in [0.2, 0.25) is 5.02 Å². The maximum absolute atomic E-state index is 6.04. The van der Waals surface area contributed by atoms with Gasteiger partial charge in [-0.3, -0.25) is 0 Å². The number of halogens is 1. The van der Waals surface area contributed by atoms with Gasteiger partial charge in [0.1, 0.15) is 0 Å². The second-order valence-electron chi connectivity index (χ2n) is 4.35. The van der Waals surface area contributed by atoms with Crippen molar-refractivity contribution in [2.45, 2.75) is 18.8 Å². The van der Waals surface area contributed by atoms with E-state index in [-0.39, 0.29) is 0 Å². The fraction of sp³-hybridized carbons (Fsp3) is 0.385. The van der Waals surface area contributed by atoms with Crippen LogP contribution in [0.15, 0.2) is 24.4 Å². The highest BCUT2D eigenvalue weighted by molar-refractivity contribution is 6.31. The Labute approximate surface area is 99.6 Å². The predicted molar refractivity (Wildman–Crippen MR) is 66.1 cm³/mol. The van der Waals surface area contributed by atoms with Gasteiger partial charge in [-0.05, 0) is 36.6 Å². The van der Waals surface area contributed by atoms with Crippen LogP contribution >= 0.6 is 11.6 Å². The third-order valence-electron chi connectivity index (χ3n) is 3.28. The largest absolute Gasteiger partial charge is 0.381 e. The van der Waals surface area contributed by atoms with Gasteiger partial charge >= 0.3 is 0 Å². The Balaban J connectivity index is 2.05. The average molecular weight is 236 g/mol. The zero-order valence-electron chi connectivity index (χ0n) is 9.00. The van der Waals surface area contributed by atoms with Crippen LogP contribution in [-0.4, -0.2) is 18.2 Å². The van der Waals surface area contributed by atoms with Crippen LogP contribution in [-0.2, 0) is 4.74 Å². The van der Waals surface area contributed by atoms with Gasteiger partial charge in [0, 0.05) is 34.6 Å². The summed E-state index contributed by atoms with van der Waals surface area (Å²) in [4.78, 5) is 3.30. The van der Waals surface area contributed by atoms with Crippen molar-refractivity contribution in [2.75, 3.05) is 13.2 Å². The van der Waals surface area contributed by atoms with Crippen molar-refractivity contribution in [3.05, 3.63) is 35.0 Å². The molecule has 0 unspecified atom stereocenters. The van der Waals surface area contributed by atoms with E-state index in [4.69, 9.17) is 16.3 Å². The van der Waals surface area contributed by atoms with Crippen molar-refractivity contribution in [3.63, 3.8) is 0 Å². The van der Waals surface area contributed by atoms with E-state index < -0.39 is 0 Å². The molecular formula is C13H14ClNO. The van der Waals surface area contributed by atoms with Crippen LogP contribution in [0.3, 0.4) is 0 Å². The molecule has 1 aromatic heterocycles. The van der Waals surface area contributed by atoms with E-state index in [9.17, 15) is 0 Å². The van der Waals surface area contributed by atoms with E-state index in [1.165, 1.54) is 17.4 Å². The average Bonchev–Trinajstić information content (AvgIpc) is 2.73. The van der Waals surface area contributed by atoms with Crippen molar-refractivity contribution < 1.29 is 4.74 Å². The number of benzene rings is 1. The second-order valence-corrected chi connectivity index (χ2v) is 4.78. The van der Waals surface area contributed by atoms with Crippen LogP contribution in [0.1, 0.15) is 24.3 Å². The summed E-state index contributed by atoms with van der Waals surface area (Å²) in [6, 6.07) is 5.99. The van der Waals surface area contributed by atoms with Gasteiger partial charge in [-0.25, -0.2) is 0 Å². The van der Waals surface area contributed by atoms with Gasteiger partial charge in [0.15, 0.2) is 0 Å². The van der Waals surface area contributed by atoms with Crippen LogP contribution in [0.25, 0.3) is 10.9 Å². The van der Waals surface area contributed by atoms with Gasteiger partial charge in [0.25, 0.3) is 0 Å². The third-order valence-corrected chi connectivity index (χ3v) is 3.51. The van der Waals surface area contributed by atoms with Crippen molar-refractivity contribution >= 4 is 22.5 Å². The second kappa shape index (κ2) is 4.11. The van der Waals surface area contributed by atoms with Crippen molar-refractivity contribution in [3.8, 4) is 0 Å². The van der Waals surface area contributed by atoms with Crippen molar-refractivity contribution in [1.82, 2.24) is 4.98 Å². The Morgan fingerprint density at radius 2 is 2.31 bits per heavy atom. The molecule has 1 aliphatic heterocycles. The first kappa shape index (κ1) is 10.2. The summed E-state index contributed by atoms with van der Waals surface area (Å²) >= 11 is 6.04. The summed E-state index contributed by atoms with van der Waals surface area (Å²) < 4.78 is 5.54. The Bertz CT molecular complexity index is 500. The molecule has 1 atom stereocenters. The Kier molecular flexibility index (Phi) is 2.62. The molecule has 0 radical (unpaired) electrons. The molecule has 2 heterocycles. The first-order valence-electron chi connectivity index (χ1n) is 5.69. The summed E-state index contributed by atoms with van der Waals surface area (Å²) in [7, 11) is 0. The Morgan fingerprint density at radius 3 is 3.12 bits per heavy atom. The van der Waals surface area contributed by atoms with Crippen LogP contribution in [0.4, 0.5) is 0 Å². The fourth-order valence-electron chi connectivity index (χ4n) is 2.44. The molecule has 0 bridgehead atoms. The number of hydrogen-bond acceptors (Lipinski definition) is 1. The maximum atomic E-state index is 6.04. The lowest BCUT2D eigenvalue weighted by Crippen LogP contribution is -2.15. The van der Waals surface area contributed by atoms with Crippen LogP contribution in [0.5, 0.6) is 0 Å². The minimum atomic E-state index is 0.515. The molecule has 2 nitrogen and oxygen atoms in total. The summed E-state index contributed by atoms with van der Waals surface area (Å²) in [5.74, 6) is 0.515. The fourth-order valence-corrected chi connectivity index (χ4v) is 2.61. The number of nitrogens with one attached hydrogen (secondary N) is 1. The number of H-pyrrole nitrogens is 1. The van der Waals surface area contributed by atoms with Crippen molar-refractivity contribution in [2.24, 2.45) is 0 Å². The summed E-state index contributed by atoms with van der Waals surface area (Å²) in [5.41, 5.74) is 2.50. The van der Waals surface area contributed by atoms with E-state index in [0.29, 0.717) is 5.92 Å². The third kappa shape index (κ3) is 1.72. The van der Waals surface area contributed by atoms with E-state index in [1.54, 1.807) is 0 Å². The van der Waals surface area contributed by atoms with E-state index in [0.717, 1.165) is 30.2 Å². The highest BCUT2D eigenvalue weighted by Crippen LogP contribution is 2.32. The van der Waals surface area contributed by atoms with E-state index in [2.05, 4.69) is 11.2 Å². The molecule has 84 valence electrons. The number of hydrogen-bond donors (Lipinski definition) is 1. The quantitative estimate of drug-likeness (QED) is 0.801. The summed E-state index contributed by atoms with van der Waals surface area (Å²) in [5, 5.41) is 2.04. The summed E-state index contributed by atoms with van der Waals surface area (Å²) in [6.45, 7) is 1.74. The molecule has 0 amide bonds. The number of fused-ring (bicyclic) bond motifs is 1. The molecule has 1 fully saturated rings. The molecule has 16 heavy (non-hydrogen) atoms. The zero-order valence-corrected chi connectivity index (χ0v) is 9.76. The van der Waals surface area contributed by atoms with Gasteiger partial charge in [-0.2, -0.15) is 0 Å². The number of ether oxygens (including phenoxy) is 1. The SMILES string of the molecule is Clc1ccc2[nH]cc([C@@H]3CCCOC3)c2c1. The lowest BCUT2D eigenvalue weighted by molar-refractivity contribution is 0.0808. The van der Waals surface area contributed by atoms with Gasteiger partial charge in [0.2, 0.25) is 0 Å².